The van der Waals surface area contributed by atoms with Crippen molar-refractivity contribution >= 4 is 23.4 Å². The molecule has 0 aromatic heterocycles. The Balaban J connectivity index is 3.00. The molecule has 0 radical (unpaired) electrons. The van der Waals surface area contributed by atoms with Crippen molar-refractivity contribution < 1.29 is 19.6 Å². The Morgan fingerprint density at radius 2 is 2.31 bits per heavy atom. The Labute approximate surface area is 95.4 Å². The first kappa shape index (κ1) is 12.3. The minimum atomic E-state index is -1.03. The Hall–Kier alpha value is -1.76. The molecule has 0 saturated carbocycles. The molecule has 0 atom stereocenters. The van der Waals surface area contributed by atoms with Crippen molar-refractivity contribution in [2.24, 2.45) is 0 Å². The van der Waals surface area contributed by atoms with Crippen molar-refractivity contribution in [2.45, 2.75) is 4.90 Å². The lowest BCUT2D eigenvalue weighted by atomic mass is 10.3. The van der Waals surface area contributed by atoms with Crippen LogP contribution in [0.4, 0.5) is 5.69 Å². The van der Waals surface area contributed by atoms with Crippen LogP contribution in [0.15, 0.2) is 23.1 Å². The summed E-state index contributed by atoms with van der Waals surface area (Å²) in [6, 6.07) is 4.21. The maximum atomic E-state index is 10.7. The van der Waals surface area contributed by atoms with Crippen LogP contribution in [0.3, 0.4) is 0 Å². The smallest absolute Gasteiger partial charge is 0.313 e. The highest BCUT2D eigenvalue weighted by atomic mass is 32.2. The van der Waals surface area contributed by atoms with E-state index in [4.69, 9.17) is 9.84 Å². The molecule has 0 aliphatic heterocycles. The van der Waals surface area contributed by atoms with Crippen LogP contribution in [0.25, 0.3) is 0 Å². The summed E-state index contributed by atoms with van der Waals surface area (Å²) < 4.78 is 4.91. The predicted molar refractivity (Wildman–Crippen MR) is 58.0 cm³/mol. The summed E-state index contributed by atoms with van der Waals surface area (Å²) >= 11 is 0.892. The third-order valence-corrected chi connectivity index (χ3v) is 2.74. The lowest BCUT2D eigenvalue weighted by Crippen LogP contribution is -1.99. The summed E-state index contributed by atoms with van der Waals surface area (Å²) in [5.74, 6) is -0.797. The first-order chi connectivity index (χ1) is 7.54. The van der Waals surface area contributed by atoms with Crippen molar-refractivity contribution in [2.75, 3.05) is 12.9 Å². The molecule has 0 saturated heterocycles. The summed E-state index contributed by atoms with van der Waals surface area (Å²) in [6.07, 6.45) is 0. The number of nitrogens with zero attached hydrogens (tertiary/aromatic N) is 1. The average Bonchev–Trinajstić information content (AvgIpc) is 2.25. The first-order valence-corrected chi connectivity index (χ1v) is 5.20. The Morgan fingerprint density at radius 3 is 2.81 bits per heavy atom. The first-order valence-electron chi connectivity index (χ1n) is 4.21. The molecular weight excluding hydrogens is 234 g/mol. The van der Waals surface area contributed by atoms with Crippen LogP contribution in [-0.2, 0) is 4.79 Å². The zero-order valence-corrected chi connectivity index (χ0v) is 9.19. The van der Waals surface area contributed by atoms with Crippen LogP contribution < -0.4 is 4.74 Å². The van der Waals surface area contributed by atoms with Crippen molar-refractivity contribution in [3.8, 4) is 5.75 Å². The zero-order valence-electron chi connectivity index (χ0n) is 8.37. The number of thioether (sulfide) groups is 1. The fourth-order valence-electron chi connectivity index (χ4n) is 1.03. The lowest BCUT2D eigenvalue weighted by molar-refractivity contribution is -0.387. The second-order valence-corrected chi connectivity index (χ2v) is 3.79. The number of ether oxygens (including phenoxy) is 1. The molecule has 6 nitrogen and oxygen atoms in total. The summed E-state index contributed by atoms with van der Waals surface area (Å²) in [4.78, 5) is 20.8. The number of rotatable bonds is 5. The van der Waals surface area contributed by atoms with Gasteiger partial charge >= 0.3 is 5.97 Å². The van der Waals surface area contributed by atoms with Crippen LogP contribution in [-0.4, -0.2) is 28.9 Å². The molecule has 86 valence electrons. The summed E-state index contributed by atoms with van der Waals surface area (Å²) in [6.45, 7) is 0. The van der Waals surface area contributed by atoms with Gasteiger partial charge in [-0.3, -0.25) is 14.9 Å². The number of hydrogen-bond donors (Lipinski definition) is 1. The third-order valence-electron chi connectivity index (χ3n) is 1.71. The van der Waals surface area contributed by atoms with Crippen LogP contribution in [0, 0.1) is 10.1 Å². The molecule has 0 heterocycles. The van der Waals surface area contributed by atoms with E-state index in [0.717, 1.165) is 11.8 Å². The van der Waals surface area contributed by atoms with Gasteiger partial charge in [-0.1, -0.05) is 0 Å². The number of carboxylic acids is 1. The van der Waals surface area contributed by atoms with E-state index >= 15 is 0 Å². The number of methoxy groups -OCH3 is 1. The molecule has 0 aliphatic carbocycles. The summed E-state index contributed by atoms with van der Waals surface area (Å²) in [7, 11) is 1.44. The number of nitro benzene ring substituents is 1. The van der Waals surface area contributed by atoms with Crippen LogP contribution in [0.1, 0.15) is 0 Å². The lowest BCUT2D eigenvalue weighted by Gasteiger charge is -2.04. The van der Waals surface area contributed by atoms with E-state index in [1.54, 1.807) is 0 Å². The largest absolute Gasteiger partial charge is 0.497 e. The fraction of sp³-hybridized carbons (Fsp3) is 0.222. The van der Waals surface area contributed by atoms with Crippen molar-refractivity contribution in [1.29, 1.82) is 0 Å². The van der Waals surface area contributed by atoms with Crippen LogP contribution in [0.5, 0.6) is 5.75 Å². The molecule has 1 aromatic rings. The topological polar surface area (TPSA) is 89.7 Å². The zero-order chi connectivity index (χ0) is 12.1. The predicted octanol–water partition coefficient (Wildman–Crippen LogP) is 1.78. The van der Waals surface area contributed by atoms with Crippen LogP contribution >= 0.6 is 11.8 Å². The van der Waals surface area contributed by atoms with Gasteiger partial charge in [0.1, 0.15) is 5.75 Å². The van der Waals surface area contributed by atoms with Gasteiger partial charge < -0.3 is 9.84 Å². The molecule has 0 aliphatic rings. The SMILES string of the molecule is COc1ccc([N+](=O)[O-])c(SCC(=O)O)c1. The number of carboxylic acid groups (broad SMARTS) is 1. The van der Waals surface area contributed by atoms with Gasteiger partial charge in [-0.2, -0.15) is 0 Å². The molecule has 7 heteroatoms. The van der Waals surface area contributed by atoms with Gasteiger partial charge in [0.2, 0.25) is 0 Å². The second-order valence-electron chi connectivity index (χ2n) is 2.77. The molecule has 16 heavy (non-hydrogen) atoms. The maximum absolute atomic E-state index is 10.7. The molecule has 0 amide bonds. The van der Waals surface area contributed by atoms with Crippen molar-refractivity contribution in [3.63, 3.8) is 0 Å². The third kappa shape index (κ3) is 3.13. The van der Waals surface area contributed by atoms with Gasteiger partial charge in [0.15, 0.2) is 0 Å². The minimum Gasteiger partial charge on any atom is -0.497 e. The van der Waals surface area contributed by atoms with E-state index < -0.39 is 10.9 Å². The van der Waals surface area contributed by atoms with Gasteiger partial charge in [0, 0.05) is 12.1 Å². The molecule has 0 spiro atoms. The van der Waals surface area contributed by atoms with E-state index in [1.165, 1.54) is 25.3 Å². The van der Waals surface area contributed by atoms with Gasteiger partial charge in [-0.25, -0.2) is 0 Å². The van der Waals surface area contributed by atoms with Gasteiger partial charge in [-0.15, -0.1) is 11.8 Å². The molecule has 0 bridgehead atoms. The Morgan fingerprint density at radius 1 is 1.62 bits per heavy atom. The number of benzene rings is 1. The maximum Gasteiger partial charge on any atom is 0.313 e. The molecule has 0 unspecified atom stereocenters. The quantitative estimate of drug-likeness (QED) is 0.481. The number of nitro groups is 1. The normalized spacial score (nSPS) is 9.81. The Bertz CT molecular complexity index is 420. The van der Waals surface area contributed by atoms with Gasteiger partial charge in [0.25, 0.3) is 5.69 Å². The summed E-state index contributed by atoms with van der Waals surface area (Å²) in [5, 5.41) is 19.2. The highest BCUT2D eigenvalue weighted by Crippen LogP contribution is 2.32. The van der Waals surface area contributed by atoms with E-state index in [-0.39, 0.29) is 16.3 Å². The standard InChI is InChI=1S/C9H9NO5S/c1-15-6-2-3-7(10(13)14)8(4-6)16-5-9(11)12/h2-4H,5H2,1H3,(H,11,12). The number of aliphatic carboxylic acids is 1. The van der Waals surface area contributed by atoms with Gasteiger partial charge in [-0.05, 0) is 6.07 Å². The van der Waals surface area contributed by atoms with E-state index in [1.807, 2.05) is 0 Å². The summed E-state index contributed by atoms with van der Waals surface area (Å²) in [5.41, 5.74) is -0.118. The Kier molecular flexibility index (Phi) is 4.12. The van der Waals surface area contributed by atoms with E-state index in [0.29, 0.717) is 5.75 Å². The molecule has 1 N–H and O–H groups in total. The molecule has 1 rings (SSSR count). The van der Waals surface area contributed by atoms with Crippen molar-refractivity contribution in [3.05, 3.63) is 28.3 Å². The average molecular weight is 243 g/mol. The van der Waals surface area contributed by atoms with Crippen molar-refractivity contribution in [1.82, 2.24) is 0 Å². The number of hydrogen-bond acceptors (Lipinski definition) is 5. The molecule has 0 fully saturated rings. The highest BCUT2D eigenvalue weighted by molar-refractivity contribution is 8.00. The fourth-order valence-corrected chi connectivity index (χ4v) is 1.80. The molecule has 1 aromatic carbocycles. The molecular formula is C9H9NO5S. The monoisotopic (exact) mass is 243 g/mol. The van der Waals surface area contributed by atoms with Gasteiger partial charge in [0.05, 0.1) is 22.7 Å². The minimum absolute atomic E-state index is 0.118. The second kappa shape index (κ2) is 5.36. The highest BCUT2D eigenvalue weighted by Gasteiger charge is 2.15. The van der Waals surface area contributed by atoms with E-state index in [2.05, 4.69) is 0 Å². The number of carbonyl (C=O) groups is 1. The van der Waals surface area contributed by atoms with E-state index in [9.17, 15) is 14.9 Å². The van der Waals surface area contributed by atoms with Crippen LogP contribution in [0.2, 0.25) is 0 Å².